The molecule has 3 rings (SSSR count). The van der Waals surface area contributed by atoms with E-state index < -0.39 is 18.2 Å². The molecule has 6 nitrogen and oxygen atoms in total. The van der Waals surface area contributed by atoms with Gasteiger partial charge in [-0.2, -0.15) is 0 Å². The average Bonchev–Trinajstić information content (AvgIpc) is 2.99. The molecule has 1 aromatic carbocycles. The van der Waals surface area contributed by atoms with Gasteiger partial charge in [0, 0.05) is 6.42 Å². The van der Waals surface area contributed by atoms with E-state index in [1.54, 1.807) is 0 Å². The van der Waals surface area contributed by atoms with E-state index in [4.69, 9.17) is 4.42 Å². The number of hydrogen-bond donors (Lipinski definition) is 3. The van der Waals surface area contributed by atoms with Crippen molar-refractivity contribution in [3.8, 4) is 0 Å². The number of fused-ring (bicyclic) bond motifs is 1. The van der Waals surface area contributed by atoms with Gasteiger partial charge in [0.15, 0.2) is 0 Å². The summed E-state index contributed by atoms with van der Waals surface area (Å²) < 4.78 is 4.92. The first-order chi connectivity index (χ1) is 9.24. The second-order valence-electron chi connectivity index (χ2n) is 4.38. The average molecular weight is 259 g/mol. The summed E-state index contributed by atoms with van der Waals surface area (Å²) >= 11 is 0. The molecule has 0 spiro atoms. The van der Waals surface area contributed by atoms with Gasteiger partial charge in [-0.25, -0.2) is 9.78 Å². The zero-order valence-electron chi connectivity index (χ0n) is 10.0. The highest BCUT2D eigenvalue weighted by Gasteiger charge is 2.31. The first-order valence-corrected chi connectivity index (χ1v) is 5.97. The molecular weight excluding hydrogens is 246 g/mol. The predicted molar refractivity (Wildman–Crippen MR) is 67.6 cm³/mol. The Bertz CT molecular complexity index is 583. The fourth-order valence-corrected chi connectivity index (χ4v) is 2.31. The van der Waals surface area contributed by atoms with Crippen LogP contribution in [-0.2, 0) is 6.42 Å². The van der Waals surface area contributed by atoms with E-state index in [-0.39, 0.29) is 6.01 Å². The fraction of sp³-hybridized carbons (Fsp3) is 0.231. The molecule has 0 fully saturated rings. The Morgan fingerprint density at radius 1 is 1.42 bits per heavy atom. The number of nitrogens with one attached hydrogen (secondary N) is 2. The quantitative estimate of drug-likeness (QED) is 0.761. The number of carbonyl (C=O) groups excluding carboxylic acids is 1. The maximum atomic E-state index is 11.8. The third-order valence-electron chi connectivity index (χ3n) is 3.14. The van der Waals surface area contributed by atoms with Crippen molar-refractivity contribution in [1.29, 1.82) is 0 Å². The number of hydrogen-bond acceptors (Lipinski definition) is 4. The lowest BCUT2D eigenvalue weighted by atomic mass is 10.1. The molecule has 1 aliphatic rings. The summed E-state index contributed by atoms with van der Waals surface area (Å²) in [7, 11) is 0. The minimum absolute atomic E-state index is 0.123. The minimum atomic E-state index is -0.618. The van der Waals surface area contributed by atoms with Crippen LogP contribution in [0.1, 0.15) is 17.2 Å². The molecule has 0 saturated heterocycles. The van der Waals surface area contributed by atoms with Crippen molar-refractivity contribution in [1.82, 2.24) is 10.3 Å². The Morgan fingerprint density at radius 3 is 3.05 bits per heavy atom. The normalized spacial score (nSPS) is 20.9. The molecule has 0 saturated carbocycles. The number of nitrogens with zero attached hydrogens (tertiary/aromatic N) is 1. The highest BCUT2D eigenvalue weighted by molar-refractivity contribution is 5.87. The maximum Gasteiger partial charge on any atom is 0.323 e. The first kappa shape index (κ1) is 11.7. The van der Waals surface area contributed by atoms with Gasteiger partial charge in [0.05, 0.1) is 18.3 Å². The third-order valence-corrected chi connectivity index (χ3v) is 3.14. The number of oxazole rings is 1. The topological polar surface area (TPSA) is 87.4 Å². The zero-order chi connectivity index (χ0) is 13.2. The van der Waals surface area contributed by atoms with Crippen LogP contribution in [0.5, 0.6) is 0 Å². The first-order valence-electron chi connectivity index (χ1n) is 5.97. The van der Waals surface area contributed by atoms with Crippen LogP contribution in [0, 0.1) is 0 Å². The van der Waals surface area contributed by atoms with Gasteiger partial charge < -0.3 is 14.8 Å². The Hall–Kier alpha value is -2.34. The summed E-state index contributed by atoms with van der Waals surface area (Å²) in [5, 5.41) is 15.2. The van der Waals surface area contributed by atoms with Gasteiger partial charge in [-0.05, 0) is 11.1 Å². The van der Waals surface area contributed by atoms with Crippen molar-refractivity contribution < 1.29 is 14.3 Å². The van der Waals surface area contributed by atoms with Crippen LogP contribution in [0.3, 0.4) is 0 Å². The van der Waals surface area contributed by atoms with Crippen LogP contribution in [0.4, 0.5) is 10.8 Å². The van der Waals surface area contributed by atoms with Crippen molar-refractivity contribution in [2.45, 2.75) is 18.6 Å². The van der Waals surface area contributed by atoms with Crippen LogP contribution in [-0.4, -0.2) is 22.2 Å². The van der Waals surface area contributed by atoms with E-state index in [1.165, 1.54) is 12.5 Å². The number of aliphatic hydroxyl groups is 1. The summed E-state index contributed by atoms with van der Waals surface area (Å²) in [6.07, 6.45) is 2.73. The van der Waals surface area contributed by atoms with Gasteiger partial charge in [0.1, 0.15) is 6.26 Å². The molecule has 0 aliphatic heterocycles. The van der Waals surface area contributed by atoms with Crippen molar-refractivity contribution in [2.75, 3.05) is 5.32 Å². The predicted octanol–water partition coefficient (Wildman–Crippen LogP) is 1.45. The van der Waals surface area contributed by atoms with Gasteiger partial charge >= 0.3 is 12.0 Å². The number of aromatic nitrogens is 1. The maximum absolute atomic E-state index is 11.8. The second-order valence-corrected chi connectivity index (χ2v) is 4.38. The summed E-state index contributed by atoms with van der Waals surface area (Å²) in [6, 6.07) is 6.92. The van der Waals surface area contributed by atoms with Crippen molar-refractivity contribution in [3.05, 3.63) is 47.9 Å². The summed E-state index contributed by atoms with van der Waals surface area (Å²) in [5.74, 6) is 0. The molecule has 6 heteroatoms. The molecule has 1 heterocycles. The van der Waals surface area contributed by atoms with Crippen LogP contribution in [0.15, 0.2) is 41.1 Å². The lowest BCUT2D eigenvalue weighted by molar-refractivity contribution is 0.144. The van der Waals surface area contributed by atoms with Gasteiger partial charge in [0.25, 0.3) is 0 Å². The lowest BCUT2D eigenvalue weighted by Crippen LogP contribution is -2.36. The van der Waals surface area contributed by atoms with E-state index in [9.17, 15) is 9.90 Å². The van der Waals surface area contributed by atoms with E-state index in [0.717, 1.165) is 11.1 Å². The Balaban J connectivity index is 1.71. The molecule has 98 valence electrons. The Kier molecular flexibility index (Phi) is 2.92. The Morgan fingerprint density at radius 2 is 2.26 bits per heavy atom. The smallest absolute Gasteiger partial charge is 0.323 e. The zero-order valence-corrected chi connectivity index (χ0v) is 10.0. The molecule has 3 N–H and O–H groups in total. The fourth-order valence-electron chi connectivity index (χ4n) is 2.31. The minimum Gasteiger partial charge on any atom is -0.432 e. The van der Waals surface area contributed by atoms with Crippen molar-refractivity contribution in [2.24, 2.45) is 0 Å². The third kappa shape index (κ3) is 2.30. The van der Waals surface area contributed by atoms with E-state index in [1.807, 2.05) is 24.3 Å². The Labute approximate surface area is 109 Å². The molecule has 2 atom stereocenters. The van der Waals surface area contributed by atoms with Gasteiger partial charge in [-0.3, -0.25) is 5.32 Å². The number of carbonyl (C=O) groups is 1. The highest BCUT2D eigenvalue weighted by Crippen LogP contribution is 2.31. The number of anilines is 1. The molecule has 0 radical (unpaired) electrons. The van der Waals surface area contributed by atoms with E-state index in [0.29, 0.717) is 6.42 Å². The van der Waals surface area contributed by atoms with Gasteiger partial charge in [-0.15, -0.1) is 0 Å². The molecule has 2 amide bonds. The number of amides is 2. The number of rotatable bonds is 2. The van der Waals surface area contributed by atoms with Crippen LogP contribution < -0.4 is 10.6 Å². The SMILES string of the molecule is O=C(Nc1ncco1)N[C@@H]1c2ccccc2C[C@@H]1O. The standard InChI is InChI=1S/C13H13N3O3/c17-10-7-8-3-1-2-4-9(8)11(10)15-12(18)16-13-14-5-6-19-13/h1-6,10-11,17H,7H2,(H2,14,15,16,18)/t10-,11+/m0/s1. The van der Waals surface area contributed by atoms with Gasteiger partial charge in [-0.1, -0.05) is 24.3 Å². The summed E-state index contributed by atoms with van der Waals surface area (Å²) in [6.45, 7) is 0. The number of urea groups is 1. The molecular formula is C13H13N3O3. The summed E-state index contributed by atoms with van der Waals surface area (Å²) in [4.78, 5) is 15.6. The molecule has 0 unspecified atom stereocenters. The summed E-state index contributed by atoms with van der Waals surface area (Å²) in [5.41, 5.74) is 1.99. The molecule has 2 aromatic rings. The monoisotopic (exact) mass is 259 g/mol. The number of aliphatic hydroxyl groups excluding tert-OH is 1. The van der Waals surface area contributed by atoms with E-state index in [2.05, 4.69) is 15.6 Å². The van der Waals surface area contributed by atoms with Gasteiger partial charge in [0.2, 0.25) is 0 Å². The highest BCUT2D eigenvalue weighted by atomic mass is 16.4. The van der Waals surface area contributed by atoms with Crippen LogP contribution in [0.25, 0.3) is 0 Å². The molecule has 0 bridgehead atoms. The second kappa shape index (κ2) is 4.74. The van der Waals surface area contributed by atoms with Crippen LogP contribution in [0.2, 0.25) is 0 Å². The largest absolute Gasteiger partial charge is 0.432 e. The van der Waals surface area contributed by atoms with Crippen LogP contribution >= 0.6 is 0 Å². The number of benzene rings is 1. The van der Waals surface area contributed by atoms with Crippen molar-refractivity contribution in [3.63, 3.8) is 0 Å². The molecule has 1 aliphatic carbocycles. The van der Waals surface area contributed by atoms with Crippen molar-refractivity contribution >= 4 is 12.0 Å². The molecule has 19 heavy (non-hydrogen) atoms. The van der Waals surface area contributed by atoms with E-state index >= 15 is 0 Å². The molecule has 1 aromatic heterocycles. The lowest BCUT2D eigenvalue weighted by Gasteiger charge is -2.17.